The van der Waals surface area contributed by atoms with E-state index in [1.807, 2.05) is 38.1 Å². The van der Waals surface area contributed by atoms with Gasteiger partial charge in [0.1, 0.15) is 0 Å². The Morgan fingerprint density at radius 3 is 2.25 bits per heavy atom. The largest absolute Gasteiger partial charge is 0.326 e. The van der Waals surface area contributed by atoms with Crippen LogP contribution in [0.3, 0.4) is 0 Å². The molecule has 3 amide bonds. The molecule has 3 N–H and O–H groups in total. The molecule has 0 radical (unpaired) electrons. The van der Waals surface area contributed by atoms with E-state index in [1.54, 1.807) is 30.3 Å². The van der Waals surface area contributed by atoms with Crippen molar-refractivity contribution in [2.45, 2.75) is 33.1 Å². The molecular weight excluding hydrogens is 354 g/mol. The van der Waals surface area contributed by atoms with Gasteiger partial charge in [-0.3, -0.25) is 25.2 Å². The van der Waals surface area contributed by atoms with Crippen LogP contribution < -0.4 is 16.2 Å². The predicted molar refractivity (Wildman–Crippen MR) is 110 cm³/mol. The highest BCUT2D eigenvalue weighted by molar-refractivity contribution is 5.98. The van der Waals surface area contributed by atoms with Gasteiger partial charge in [-0.1, -0.05) is 43.2 Å². The van der Waals surface area contributed by atoms with Gasteiger partial charge in [0.05, 0.1) is 0 Å². The molecule has 0 bridgehead atoms. The Morgan fingerprint density at radius 1 is 0.929 bits per heavy atom. The topological polar surface area (TPSA) is 87.3 Å². The second-order valence-electron chi connectivity index (χ2n) is 6.42. The van der Waals surface area contributed by atoms with Crippen molar-refractivity contribution in [1.82, 2.24) is 10.9 Å². The number of unbranched alkanes of at least 4 members (excludes halogenated alkanes) is 1. The number of amides is 3. The Kier molecular flexibility index (Phi) is 7.96. The lowest BCUT2D eigenvalue weighted by atomic mass is 10.1. The maximum absolute atomic E-state index is 12.1. The molecule has 0 aromatic heterocycles. The lowest BCUT2D eigenvalue weighted by Gasteiger charge is -2.07. The van der Waals surface area contributed by atoms with Crippen LogP contribution in [0.2, 0.25) is 0 Å². The molecule has 0 unspecified atom stereocenters. The summed E-state index contributed by atoms with van der Waals surface area (Å²) >= 11 is 0. The molecule has 0 aliphatic heterocycles. The maximum atomic E-state index is 12.1. The normalized spacial score (nSPS) is 10.5. The number of rotatable bonds is 7. The third-order valence-corrected chi connectivity index (χ3v) is 3.99. The van der Waals surface area contributed by atoms with Crippen molar-refractivity contribution >= 4 is 29.5 Å². The van der Waals surface area contributed by atoms with Gasteiger partial charge in [-0.15, -0.1) is 0 Å². The van der Waals surface area contributed by atoms with E-state index in [4.69, 9.17) is 0 Å². The van der Waals surface area contributed by atoms with Gasteiger partial charge in [0, 0.05) is 23.7 Å². The summed E-state index contributed by atoms with van der Waals surface area (Å²) in [7, 11) is 0. The van der Waals surface area contributed by atoms with E-state index in [0.717, 1.165) is 24.0 Å². The third-order valence-electron chi connectivity index (χ3n) is 3.99. The SMILES string of the molecule is CCCCC(=O)Nc1ccc(C(=O)NNC(=O)C=Cc2ccc(C)cc2)cc1. The van der Waals surface area contributed by atoms with Crippen LogP contribution in [0.25, 0.3) is 6.08 Å². The molecule has 0 spiro atoms. The second kappa shape index (κ2) is 10.7. The van der Waals surface area contributed by atoms with Gasteiger partial charge in [0.25, 0.3) is 11.8 Å². The Labute approximate surface area is 165 Å². The van der Waals surface area contributed by atoms with E-state index < -0.39 is 11.8 Å². The van der Waals surface area contributed by atoms with Crippen LogP contribution in [0.4, 0.5) is 5.69 Å². The first-order valence-electron chi connectivity index (χ1n) is 9.23. The van der Waals surface area contributed by atoms with Crippen LogP contribution in [-0.2, 0) is 9.59 Å². The summed E-state index contributed by atoms with van der Waals surface area (Å²) in [5, 5.41) is 2.78. The highest BCUT2D eigenvalue weighted by Gasteiger charge is 2.07. The van der Waals surface area contributed by atoms with Gasteiger partial charge in [0.15, 0.2) is 0 Å². The molecule has 0 saturated heterocycles. The van der Waals surface area contributed by atoms with Crippen molar-refractivity contribution in [2.75, 3.05) is 5.32 Å². The third kappa shape index (κ3) is 7.07. The molecule has 0 heterocycles. The summed E-state index contributed by atoms with van der Waals surface area (Å²) in [6.07, 6.45) is 5.28. The van der Waals surface area contributed by atoms with Gasteiger partial charge >= 0.3 is 0 Å². The standard InChI is InChI=1S/C22H25N3O3/c1-3-4-5-20(26)23-19-13-11-18(12-14-19)22(28)25-24-21(27)15-10-17-8-6-16(2)7-9-17/h6-15H,3-5H2,1-2H3,(H,23,26)(H,24,27)(H,25,28). The number of anilines is 1. The average molecular weight is 379 g/mol. The van der Waals surface area contributed by atoms with Crippen LogP contribution in [0, 0.1) is 6.92 Å². The smallest absolute Gasteiger partial charge is 0.269 e. The van der Waals surface area contributed by atoms with Crippen LogP contribution in [0.5, 0.6) is 0 Å². The molecule has 6 heteroatoms. The number of hydrogen-bond donors (Lipinski definition) is 3. The molecule has 146 valence electrons. The number of hydrogen-bond acceptors (Lipinski definition) is 3. The van der Waals surface area contributed by atoms with Crippen molar-refractivity contribution in [3.8, 4) is 0 Å². The zero-order valence-electron chi connectivity index (χ0n) is 16.1. The fourth-order valence-corrected chi connectivity index (χ4v) is 2.35. The summed E-state index contributed by atoms with van der Waals surface area (Å²) < 4.78 is 0. The summed E-state index contributed by atoms with van der Waals surface area (Å²) in [5.41, 5.74) is 7.72. The lowest BCUT2D eigenvalue weighted by molar-refractivity contribution is -0.117. The zero-order valence-corrected chi connectivity index (χ0v) is 16.1. The van der Waals surface area contributed by atoms with Gasteiger partial charge in [-0.2, -0.15) is 0 Å². The van der Waals surface area contributed by atoms with E-state index in [9.17, 15) is 14.4 Å². The fourth-order valence-electron chi connectivity index (χ4n) is 2.35. The highest BCUT2D eigenvalue weighted by atomic mass is 16.2. The van der Waals surface area contributed by atoms with Gasteiger partial charge in [-0.05, 0) is 49.2 Å². The first-order chi connectivity index (χ1) is 13.5. The summed E-state index contributed by atoms with van der Waals surface area (Å²) in [6.45, 7) is 4.01. The molecule has 2 aromatic carbocycles. The second-order valence-corrected chi connectivity index (χ2v) is 6.42. The summed E-state index contributed by atoms with van der Waals surface area (Å²) in [5.74, 6) is -0.929. The van der Waals surface area contributed by atoms with Gasteiger partial charge in [0.2, 0.25) is 5.91 Å². The number of carbonyl (C=O) groups excluding carboxylic acids is 3. The Morgan fingerprint density at radius 2 is 1.61 bits per heavy atom. The van der Waals surface area contributed by atoms with Crippen LogP contribution in [0.15, 0.2) is 54.6 Å². The Balaban J connectivity index is 1.81. The van der Waals surface area contributed by atoms with Gasteiger partial charge < -0.3 is 5.32 Å². The average Bonchev–Trinajstić information content (AvgIpc) is 2.70. The number of aryl methyl sites for hydroxylation is 1. The zero-order chi connectivity index (χ0) is 20.4. The van der Waals surface area contributed by atoms with Crippen molar-refractivity contribution < 1.29 is 14.4 Å². The summed E-state index contributed by atoms with van der Waals surface area (Å²) in [6, 6.07) is 14.2. The molecular formula is C22H25N3O3. The van der Waals surface area contributed by atoms with Crippen LogP contribution in [-0.4, -0.2) is 17.7 Å². The molecule has 0 aliphatic rings. The van der Waals surface area contributed by atoms with Crippen molar-refractivity contribution in [3.63, 3.8) is 0 Å². The minimum atomic E-state index is -0.444. The Hall–Kier alpha value is -3.41. The molecule has 2 aromatic rings. The first-order valence-corrected chi connectivity index (χ1v) is 9.23. The van der Waals surface area contributed by atoms with Crippen molar-refractivity contribution in [2.24, 2.45) is 0 Å². The molecule has 2 rings (SSSR count). The van der Waals surface area contributed by atoms with E-state index in [2.05, 4.69) is 16.2 Å². The minimum absolute atomic E-state index is 0.0494. The molecule has 6 nitrogen and oxygen atoms in total. The van der Waals surface area contributed by atoms with E-state index in [-0.39, 0.29) is 5.91 Å². The highest BCUT2D eigenvalue weighted by Crippen LogP contribution is 2.10. The van der Waals surface area contributed by atoms with Crippen molar-refractivity contribution in [1.29, 1.82) is 0 Å². The minimum Gasteiger partial charge on any atom is -0.326 e. The van der Waals surface area contributed by atoms with Crippen LogP contribution >= 0.6 is 0 Å². The number of carbonyl (C=O) groups is 3. The molecule has 28 heavy (non-hydrogen) atoms. The van der Waals surface area contributed by atoms with E-state index in [0.29, 0.717) is 17.7 Å². The number of hydrazine groups is 1. The monoisotopic (exact) mass is 379 g/mol. The fraction of sp³-hybridized carbons (Fsp3) is 0.227. The Bertz CT molecular complexity index is 840. The number of nitrogens with one attached hydrogen (secondary N) is 3. The summed E-state index contributed by atoms with van der Waals surface area (Å²) in [4.78, 5) is 35.6. The first kappa shape index (κ1) is 20.9. The quantitative estimate of drug-likeness (QED) is 0.507. The molecule has 0 saturated carbocycles. The van der Waals surface area contributed by atoms with Crippen molar-refractivity contribution in [3.05, 3.63) is 71.3 Å². The molecule has 0 fully saturated rings. The maximum Gasteiger partial charge on any atom is 0.269 e. The molecule has 0 aliphatic carbocycles. The van der Waals surface area contributed by atoms with E-state index >= 15 is 0 Å². The van der Waals surface area contributed by atoms with Crippen LogP contribution in [0.1, 0.15) is 47.7 Å². The number of benzene rings is 2. The van der Waals surface area contributed by atoms with Gasteiger partial charge in [-0.25, -0.2) is 0 Å². The van der Waals surface area contributed by atoms with E-state index in [1.165, 1.54) is 6.08 Å². The predicted octanol–water partition coefficient (Wildman–Crippen LogP) is 3.60. The lowest BCUT2D eigenvalue weighted by Crippen LogP contribution is -2.40. The molecule has 0 atom stereocenters.